The van der Waals surface area contributed by atoms with E-state index in [1.54, 1.807) is 6.20 Å². The van der Waals surface area contributed by atoms with Crippen molar-refractivity contribution in [2.75, 3.05) is 0 Å². The number of nitriles is 1. The van der Waals surface area contributed by atoms with Crippen LogP contribution >= 0.6 is 0 Å². The molecule has 46 heavy (non-hydrogen) atoms. The Morgan fingerprint density at radius 3 is 1.70 bits per heavy atom. The number of nitrogens with zero attached hydrogens (tertiary/aromatic N) is 4. The van der Waals surface area contributed by atoms with Crippen LogP contribution < -0.4 is 0 Å². The number of benzene rings is 6. The molecule has 0 unspecified atom stereocenters. The molecule has 4 nitrogen and oxygen atoms in total. The van der Waals surface area contributed by atoms with Crippen LogP contribution in [0, 0.1) is 11.3 Å². The Balaban J connectivity index is 1.35. The highest BCUT2D eigenvalue weighted by Gasteiger charge is 2.21. The van der Waals surface area contributed by atoms with Crippen molar-refractivity contribution < 1.29 is 0 Å². The minimum absolute atomic E-state index is 0.539. The quantitative estimate of drug-likeness (QED) is 0.206. The highest BCUT2D eigenvalue weighted by atomic mass is 15.1. The molecule has 0 saturated heterocycles. The molecule has 3 heterocycles. The fraction of sp³-hybridized carbons (Fsp3) is 0. The number of pyridine rings is 1. The third-order valence-electron chi connectivity index (χ3n) is 8.98. The number of para-hydroxylation sites is 2. The average Bonchev–Trinajstić information content (AvgIpc) is 3.65. The van der Waals surface area contributed by atoms with Crippen LogP contribution in [0.25, 0.3) is 77.4 Å². The summed E-state index contributed by atoms with van der Waals surface area (Å²) in [5, 5.41) is 14.2. The molecule has 0 aliphatic carbocycles. The van der Waals surface area contributed by atoms with Gasteiger partial charge in [0.2, 0.25) is 0 Å². The summed E-state index contributed by atoms with van der Waals surface area (Å²) >= 11 is 0. The second-order valence-corrected chi connectivity index (χ2v) is 11.6. The van der Waals surface area contributed by atoms with Crippen LogP contribution in [0.2, 0.25) is 0 Å². The Labute approximate surface area is 265 Å². The van der Waals surface area contributed by atoms with Gasteiger partial charge in [-0.3, -0.25) is 4.57 Å². The molecule has 0 fully saturated rings. The van der Waals surface area contributed by atoms with Crippen LogP contribution in [0.4, 0.5) is 0 Å². The van der Waals surface area contributed by atoms with Crippen molar-refractivity contribution in [1.29, 1.82) is 5.26 Å². The van der Waals surface area contributed by atoms with E-state index in [0.29, 0.717) is 5.56 Å². The fourth-order valence-corrected chi connectivity index (χ4v) is 6.92. The number of fused-ring (bicyclic) bond motifs is 7. The molecule has 0 aliphatic heterocycles. The van der Waals surface area contributed by atoms with Gasteiger partial charge in [-0.25, -0.2) is 4.98 Å². The second kappa shape index (κ2) is 10.3. The Bertz CT molecular complexity index is 2630. The van der Waals surface area contributed by atoms with Crippen LogP contribution in [-0.2, 0) is 0 Å². The van der Waals surface area contributed by atoms with Gasteiger partial charge in [0.25, 0.3) is 0 Å². The van der Waals surface area contributed by atoms with Crippen LogP contribution in [0.15, 0.2) is 158 Å². The van der Waals surface area contributed by atoms with Crippen molar-refractivity contribution in [1.82, 2.24) is 14.1 Å². The predicted octanol–water partition coefficient (Wildman–Crippen LogP) is 10.5. The van der Waals surface area contributed by atoms with Crippen LogP contribution in [0.1, 0.15) is 5.56 Å². The first-order valence-electron chi connectivity index (χ1n) is 15.4. The third kappa shape index (κ3) is 3.96. The molecule has 214 valence electrons. The predicted molar refractivity (Wildman–Crippen MR) is 189 cm³/mol. The molecule has 9 aromatic rings. The maximum absolute atomic E-state index is 9.46. The Morgan fingerprint density at radius 2 is 1.02 bits per heavy atom. The van der Waals surface area contributed by atoms with Crippen molar-refractivity contribution in [3.63, 3.8) is 0 Å². The number of hydrogen-bond acceptors (Lipinski definition) is 2. The monoisotopic (exact) mass is 586 g/mol. The first kappa shape index (κ1) is 26.0. The smallest absolute Gasteiger partial charge is 0.137 e. The topological polar surface area (TPSA) is 46.5 Å². The van der Waals surface area contributed by atoms with Crippen molar-refractivity contribution in [2.45, 2.75) is 0 Å². The van der Waals surface area contributed by atoms with E-state index in [2.05, 4.69) is 155 Å². The van der Waals surface area contributed by atoms with Gasteiger partial charge >= 0.3 is 0 Å². The summed E-state index contributed by atoms with van der Waals surface area (Å²) in [7, 11) is 0. The normalized spacial score (nSPS) is 11.5. The number of aromatic nitrogens is 3. The Morgan fingerprint density at radius 1 is 0.457 bits per heavy atom. The lowest BCUT2D eigenvalue weighted by Crippen LogP contribution is -2.00. The standard InChI is InChI=1S/C42H26N4/c43-26-28-20-23-40(44-27-28)46-39-19-7-5-17-35(39)37-22-21-36-34-16-4-6-18-38(34)45(41(36)42(37)46)33-15-9-14-32(25-33)31-13-8-12-30(24-31)29-10-2-1-3-11-29/h1-25,27H. The van der Waals surface area contributed by atoms with Gasteiger partial charge in [-0.15, -0.1) is 0 Å². The Kier molecular flexibility index (Phi) is 5.84. The molecular formula is C42H26N4. The lowest BCUT2D eigenvalue weighted by Gasteiger charge is -2.13. The lowest BCUT2D eigenvalue weighted by molar-refractivity contribution is 1.07. The van der Waals surface area contributed by atoms with Crippen LogP contribution in [-0.4, -0.2) is 14.1 Å². The van der Waals surface area contributed by atoms with E-state index < -0.39 is 0 Å². The first-order valence-corrected chi connectivity index (χ1v) is 15.4. The molecule has 4 heteroatoms. The van der Waals surface area contributed by atoms with Crippen molar-refractivity contribution in [3.05, 3.63) is 163 Å². The summed E-state index contributed by atoms with van der Waals surface area (Å²) in [5.74, 6) is 0.779. The molecule has 0 amide bonds. The van der Waals surface area contributed by atoms with E-state index >= 15 is 0 Å². The number of rotatable bonds is 4. The Hall–Kier alpha value is -6.44. The van der Waals surface area contributed by atoms with Crippen molar-refractivity contribution in [3.8, 4) is 39.8 Å². The largest absolute Gasteiger partial charge is 0.307 e. The van der Waals surface area contributed by atoms with Gasteiger partial charge in [0.15, 0.2) is 0 Å². The lowest BCUT2D eigenvalue weighted by atomic mass is 9.99. The van der Waals surface area contributed by atoms with Gasteiger partial charge < -0.3 is 4.57 Å². The summed E-state index contributed by atoms with van der Waals surface area (Å²) in [6, 6.07) is 55.7. The molecule has 3 aromatic heterocycles. The SMILES string of the molecule is N#Cc1ccc(-n2c3ccccc3c3ccc4c5ccccc5n(-c5cccc(-c6cccc(-c7ccccc7)c6)c5)c4c32)nc1. The molecule has 0 aliphatic rings. The van der Waals surface area contributed by atoms with Crippen LogP contribution in [0.3, 0.4) is 0 Å². The maximum Gasteiger partial charge on any atom is 0.137 e. The highest BCUT2D eigenvalue weighted by Crippen LogP contribution is 2.41. The molecule has 0 spiro atoms. The summed E-state index contributed by atoms with van der Waals surface area (Å²) in [5.41, 5.74) is 10.8. The van der Waals surface area contributed by atoms with Gasteiger partial charge in [0.05, 0.1) is 27.6 Å². The molecule has 0 radical (unpaired) electrons. The minimum atomic E-state index is 0.539. The second-order valence-electron chi connectivity index (χ2n) is 11.6. The number of hydrogen-bond donors (Lipinski definition) is 0. The summed E-state index contributed by atoms with van der Waals surface area (Å²) in [6.07, 6.45) is 1.65. The van der Waals surface area contributed by atoms with Gasteiger partial charge in [-0.05, 0) is 64.7 Å². The molecule has 9 rings (SSSR count). The summed E-state index contributed by atoms with van der Waals surface area (Å²) in [4.78, 5) is 4.77. The molecule has 0 bridgehead atoms. The van der Waals surface area contributed by atoms with E-state index in [0.717, 1.165) is 49.9 Å². The zero-order chi connectivity index (χ0) is 30.6. The molecule has 0 saturated carbocycles. The van der Waals surface area contributed by atoms with Gasteiger partial charge in [0.1, 0.15) is 11.9 Å². The van der Waals surface area contributed by atoms with E-state index in [9.17, 15) is 5.26 Å². The van der Waals surface area contributed by atoms with Crippen molar-refractivity contribution >= 4 is 43.6 Å². The zero-order valence-corrected chi connectivity index (χ0v) is 24.8. The highest BCUT2D eigenvalue weighted by molar-refractivity contribution is 6.23. The van der Waals surface area contributed by atoms with Crippen molar-refractivity contribution in [2.24, 2.45) is 0 Å². The summed E-state index contributed by atoms with van der Waals surface area (Å²) < 4.78 is 4.65. The maximum atomic E-state index is 9.46. The van der Waals surface area contributed by atoms with E-state index in [-0.39, 0.29) is 0 Å². The fourth-order valence-electron chi connectivity index (χ4n) is 6.92. The summed E-state index contributed by atoms with van der Waals surface area (Å²) in [6.45, 7) is 0. The third-order valence-corrected chi connectivity index (χ3v) is 8.98. The van der Waals surface area contributed by atoms with Gasteiger partial charge in [-0.1, -0.05) is 109 Å². The van der Waals surface area contributed by atoms with E-state index in [4.69, 9.17) is 4.98 Å². The van der Waals surface area contributed by atoms with E-state index in [1.807, 2.05) is 12.1 Å². The molecule has 0 N–H and O–H groups in total. The average molecular weight is 587 g/mol. The van der Waals surface area contributed by atoms with E-state index in [1.165, 1.54) is 27.5 Å². The van der Waals surface area contributed by atoms with Crippen LogP contribution in [0.5, 0.6) is 0 Å². The molecule has 0 atom stereocenters. The molecular weight excluding hydrogens is 560 g/mol. The minimum Gasteiger partial charge on any atom is -0.307 e. The molecule has 6 aromatic carbocycles. The van der Waals surface area contributed by atoms with Gasteiger partial charge in [0, 0.05) is 33.4 Å². The first-order chi connectivity index (χ1) is 22.8. The van der Waals surface area contributed by atoms with Gasteiger partial charge in [-0.2, -0.15) is 5.26 Å². The zero-order valence-electron chi connectivity index (χ0n) is 24.8.